The maximum atomic E-state index is 12.2. The monoisotopic (exact) mass is 289 g/mol. The van der Waals surface area contributed by atoms with Gasteiger partial charge in [-0.1, -0.05) is 19.1 Å². The molecule has 0 radical (unpaired) electrons. The highest BCUT2D eigenvalue weighted by Crippen LogP contribution is 2.23. The summed E-state index contributed by atoms with van der Waals surface area (Å²) in [4.78, 5) is 22.7. The van der Waals surface area contributed by atoms with Crippen LogP contribution >= 0.6 is 0 Å². The topological polar surface area (TPSA) is 75.6 Å². The van der Waals surface area contributed by atoms with E-state index in [0.29, 0.717) is 12.3 Å². The molecule has 5 heteroatoms. The smallest absolute Gasteiger partial charge is 0.328 e. The molecule has 0 saturated carbocycles. The van der Waals surface area contributed by atoms with Gasteiger partial charge in [-0.2, -0.15) is 0 Å². The Hall–Kier alpha value is -2.14. The van der Waals surface area contributed by atoms with E-state index in [9.17, 15) is 9.59 Å². The first-order chi connectivity index (χ1) is 9.97. The number of carbonyl (C=O) groups excluding carboxylic acids is 1. The van der Waals surface area contributed by atoms with Crippen LogP contribution in [0.3, 0.4) is 0 Å². The van der Waals surface area contributed by atoms with Gasteiger partial charge >= 0.3 is 5.97 Å². The Morgan fingerprint density at radius 3 is 2.81 bits per heavy atom. The molecule has 1 aliphatic heterocycles. The van der Waals surface area contributed by atoms with Crippen LogP contribution in [0.15, 0.2) is 24.3 Å². The summed E-state index contributed by atoms with van der Waals surface area (Å²) in [7, 11) is 0. The average molecular weight is 289 g/mol. The van der Waals surface area contributed by atoms with Crippen LogP contribution in [-0.2, 0) is 14.3 Å². The lowest BCUT2D eigenvalue weighted by molar-refractivity contribution is -0.131. The van der Waals surface area contributed by atoms with Crippen LogP contribution in [0.4, 0.5) is 5.69 Å². The number of carboxylic acids is 1. The van der Waals surface area contributed by atoms with Gasteiger partial charge in [0, 0.05) is 18.4 Å². The normalized spacial score (nSPS) is 21.6. The third-order valence-electron chi connectivity index (χ3n) is 3.58. The van der Waals surface area contributed by atoms with E-state index in [4.69, 9.17) is 9.84 Å². The molecule has 1 aromatic rings. The Labute approximate surface area is 123 Å². The van der Waals surface area contributed by atoms with E-state index in [1.807, 2.05) is 19.9 Å². The number of hydrogen-bond donors (Lipinski definition) is 2. The van der Waals surface area contributed by atoms with Gasteiger partial charge < -0.3 is 15.2 Å². The molecule has 0 aliphatic carbocycles. The van der Waals surface area contributed by atoms with Gasteiger partial charge in [0.2, 0.25) is 0 Å². The van der Waals surface area contributed by atoms with Gasteiger partial charge in [-0.3, -0.25) is 4.79 Å². The van der Waals surface area contributed by atoms with Crippen molar-refractivity contribution in [2.75, 3.05) is 11.9 Å². The van der Waals surface area contributed by atoms with Crippen molar-refractivity contribution in [2.45, 2.75) is 26.4 Å². The molecule has 0 spiro atoms. The minimum absolute atomic E-state index is 0.150. The summed E-state index contributed by atoms with van der Waals surface area (Å²) < 4.78 is 5.44. The van der Waals surface area contributed by atoms with Gasteiger partial charge in [-0.05, 0) is 42.5 Å². The van der Waals surface area contributed by atoms with E-state index in [0.717, 1.165) is 23.6 Å². The van der Waals surface area contributed by atoms with Gasteiger partial charge in [0.25, 0.3) is 5.91 Å². The lowest BCUT2D eigenvalue weighted by Crippen LogP contribution is -2.31. The number of carbonyl (C=O) groups is 2. The summed E-state index contributed by atoms with van der Waals surface area (Å²) in [5.74, 6) is -0.947. The number of aryl methyl sites for hydroxylation is 1. The highest BCUT2D eigenvalue weighted by Gasteiger charge is 2.30. The number of amides is 1. The predicted molar refractivity (Wildman–Crippen MR) is 80.0 cm³/mol. The largest absolute Gasteiger partial charge is 0.478 e. The van der Waals surface area contributed by atoms with Crippen molar-refractivity contribution in [1.29, 1.82) is 0 Å². The maximum absolute atomic E-state index is 12.2. The summed E-state index contributed by atoms with van der Waals surface area (Å²) in [5, 5.41) is 11.5. The fourth-order valence-corrected chi connectivity index (χ4v) is 2.28. The molecule has 1 aromatic carbocycles. The van der Waals surface area contributed by atoms with E-state index < -0.39 is 12.1 Å². The minimum Gasteiger partial charge on any atom is -0.478 e. The molecule has 2 atom stereocenters. The van der Waals surface area contributed by atoms with Crippen LogP contribution in [0.1, 0.15) is 24.5 Å². The van der Waals surface area contributed by atoms with Gasteiger partial charge in [-0.15, -0.1) is 0 Å². The molecular weight excluding hydrogens is 270 g/mol. The quantitative estimate of drug-likeness (QED) is 0.835. The fraction of sp³-hybridized carbons (Fsp3) is 0.375. The molecule has 1 amide bonds. The first kappa shape index (κ1) is 15.3. The standard InChI is InChI=1S/C16H19NO4/c1-10-3-4-12(5-6-14(18)19)9-13(10)17-16(20)15-11(2)7-8-21-15/h3-6,9,11,15H,7-8H2,1-2H3,(H,17,20)(H,18,19)/b6-5+. The molecular formula is C16H19NO4. The molecule has 1 aliphatic rings. The molecule has 112 valence electrons. The zero-order valence-corrected chi connectivity index (χ0v) is 12.1. The summed E-state index contributed by atoms with van der Waals surface area (Å²) in [6.07, 6.45) is 3.03. The highest BCUT2D eigenvalue weighted by atomic mass is 16.5. The third kappa shape index (κ3) is 3.92. The lowest BCUT2D eigenvalue weighted by atomic mass is 10.0. The van der Waals surface area contributed by atoms with E-state index >= 15 is 0 Å². The van der Waals surface area contributed by atoms with Crippen molar-refractivity contribution in [3.8, 4) is 0 Å². The van der Waals surface area contributed by atoms with Crippen LogP contribution in [-0.4, -0.2) is 29.7 Å². The molecule has 1 heterocycles. The second kappa shape index (κ2) is 6.54. The first-order valence-electron chi connectivity index (χ1n) is 6.91. The zero-order chi connectivity index (χ0) is 15.4. The van der Waals surface area contributed by atoms with E-state index in [1.165, 1.54) is 6.08 Å². The SMILES string of the molecule is Cc1ccc(/C=C/C(=O)O)cc1NC(=O)C1OCCC1C. The Morgan fingerprint density at radius 1 is 1.43 bits per heavy atom. The van der Waals surface area contributed by atoms with E-state index in [1.54, 1.807) is 12.1 Å². The number of benzene rings is 1. The number of anilines is 1. The van der Waals surface area contributed by atoms with Crippen molar-refractivity contribution in [3.05, 3.63) is 35.4 Å². The van der Waals surface area contributed by atoms with Gasteiger partial charge in [0.1, 0.15) is 6.10 Å². The van der Waals surface area contributed by atoms with Gasteiger partial charge in [0.05, 0.1) is 0 Å². The minimum atomic E-state index is -1.01. The molecule has 1 saturated heterocycles. The average Bonchev–Trinajstić information content (AvgIpc) is 2.86. The fourth-order valence-electron chi connectivity index (χ4n) is 2.28. The molecule has 2 unspecified atom stereocenters. The van der Waals surface area contributed by atoms with Crippen molar-refractivity contribution < 1.29 is 19.4 Å². The number of carboxylic acid groups (broad SMARTS) is 1. The first-order valence-corrected chi connectivity index (χ1v) is 6.91. The molecule has 5 nitrogen and oxygen atoms in total. The number of hydrogen-bond acceptors (Lipinski definition) is 3. The molecule has 1 fully saturated rings. The summed E-state index contributed by atoms with van der Waals surface area (Å²) in [6.45, 7) is 4.50. The predicted octanol–water partition coefficient (Wildman–Crippen LogP) is 2.46. The third-order valence-corrected chi connectivity index (χ3v) is 3.58. The lowest BCUT2D eigenvalue weighted by Gasteiger charge is -2.16. The Balaban J connectivity index is 2.13. The van der Waals surface area contributed by atoms with Crippen molar-refractivity contribution in [2.24, 2.45) is 5.92 Å². The number of nitrogens with one attached hydrogen (secondary N) is 1. The van der Waals surface area contributed by atoms with Crippen molar-refractivity contribution in [1.82, 2.24) is 0 Å². The second-order valence-corrected chi connectivity index (χ2v) is 5.29. The number of rotatable bonds is 4. The van der Waals surface area contributed by atoms with Crippen molar-refractivity contribution in [3.63, 3.8) is 0 Å². The molecule has 21 heavy (non-hydrogen) atoms. The Bertz CT molecular complexity index is 580. The molecule has 0 bridgehead atoms. The second-order valence-electron chi connectivity index (χ2n) is 5.29. The molecule has 0 aromatic heterocycles. The Morgan fingerprint density at radius 2 is 2.19 bits per heavy atom. The summed E-state index contributed by atoms with van der Waals surface area (Å²) in [5.41, 5.74) is 2.32. The molecule has 2 rings (SSSR count). The van der Waals surface area contributed by atoms with Gasteiger partial charge in [-0.25, -0.2) is 4.79 Å². The molecule has 2 N–H and O–H groups in total. The van der Waals surface area contributed by atoms with Crippen LogP contribution in [0, 0.1) is 12.8 Å². The maximum Gasteiger partial charge on any atom is 0.328 e. The highest BCUT2D eigenvalue weighted by molar-refractivity contribution is 5.95. The Kier molecular flexibility index (Phi) is 4.75. The van der Waals surface area contributed by atoms with E-state index in [-0.39, 0.29) is 11.8 Å². The summed E-state index contributed by atoms with van der Waals surface area (Å²) in [6, 6.07) is 5.40. The van der Waals surface area contributed by atoms with Crippen LogP contribution in [0.25, 0.3) is 6.08 Å². The van der Waals surface area contributed by atoms with Crippen molar-refractivity contribution >= 4 is 23.6 Å². The van der Waals surface area contributed by atoms with E-state index in [2.05, 4.69) is 5.32 Å². The van der Waals surface area contributed by atoms with Crippen LogP contribution < -0.4 is 5.32 Å². The van der Waals surface area contributed by atoms with Crippen LogP contribution in [0.5, 0.6) is 0 Å². The number of aliphatic carboxylic acids is 1. The number of ether oxygens (including phenoxy) is 1. The van der Waals surface area contributed by atoms with Gasteiger partial charge in [0.15, 0.2) is 0 Å². The van der Waals surface area contributed by atoms with Crippen LogP contribution in [0.2, 0.25) is 0 Å². The zero-order valence-electron chi connectivity index (χ0n) is 12.1. The summed E-state index contributed by atoms with van der Waals surface area (Å²) >= 11 is 0.